The molecular formula is C17H19N. The summed E-state index contributed by atoms with van der Waals surface area (Å²) in [5.74, 6) is 0. The van der Waals surface area contributed by atoms with Crippen molar-refractivity contribution in [2.24, 2.45) is 0 Å². The highest BCUT2D eigenvalue weighted by Crippen LogP contribution is 2.30. The van der Waals surface area contributed by atoms with Gasteiger partial charge in [-0.25, -0.2) is 0 Å². The molecule has 0 spiro atoms. The first-order chi connectivity index (χ1) is 8.84. The van der Waals surface area contributed by atoms with Gasteiger partial charge in [-0.05, 0) is 42.0 Å². The predicted molar refractivity (Wildman–Crippen MR) is 77.3 cm³/mol. The molecule has 1 nitrogen and oxygen atoms in total. The van der Waals surface area contributed by atoms with E-state index < -0.39 is 0 Å². The summed E-state index contributed by atoms with van der Waals surface area (Å²) < 4.78 is 0. The standard InChI is InChI=1S/C17H19N/c1-18-13-12-16-15(8-5-9-17(16)18)11-10-14-6-3-2-4-7-14/h2-9H,10-13H2,1H3. The van der Waals surface area contributed by atoms with Crippen LogP contribution in [-0.2, 0) is 19.3 Å². The van der Waals surface area contributed by atoms with Crippen LogP contribution in [0.1, 0.15) is 16.7 Å². The van der Waals surface area contributed by atoms with Gasteiger partial charge in [-0.15, -0.1) is 0 Å². The van der Waals surface area contributed by atoms with Gasteiger partial charge in [-0.1, -0.05) is 42.5 Å². The molecule has 92 valence electrons. The molecule has 0 amide bonds. The molecule has 0 atom stereocenters. The largest absolute Gasteiger partial charge is 0.374 e. The van der Waals surface area contributed by atoms with E-state index in [0.717, 1.165) is 19.4 Å². The normalized spacial score (nSPS) is 13.7. The van der Waals surface area contributed by atoms with Crippen molar-refractivity contribution in [3.63, 3.8) is 0 Å². The van der Waals surface area contributed by atoms with Gasteiger partial charge in [0, 0.05) is 19.3 Å². The molecule has 0 radical (unpaired) electrons. The van der Waals surface area contributed by atoms with Crippen molar-refractivity contribution in [3.05, 3.63) is 65.2 Å². The molecule has 0 N–H and O–H groups in total. The van der Waals surface area contributed by atoms with Crippen molar-refractivity contribution >= 4 is 5.69 Å². The molecule has 0 aliphatic carbocycles. The molecule has 18 heavy (non-hydrogen) atoms. The zero-order chi connectivity index (χ0) is 12.4. The molecule has 3 rings (SSSR count). The number of anilines is 1. The Bertz CT molecular complexity index is 531. The molecule has 0 fully saturated rings. The van der Waals surface area contributed by atoms with E-state index in [1.807, 2.05) is 0 Å². The molecule has 2 aromatic carbocycles. The summed E-state index contributed by atoms with van der Waals surface area (Å²) in [4.78, 5) is 2.36. The van der Waals surface area contributed by atoms with Crippen LogP contribution in [0.25, 0.3) is 0 Å². The summed E-state index contributed by atoms with van der Waals surface area (Å²) in [5, 5.41) is 0. The lowest BCUT2D eigenvalue weighted by Gasteiger charge is -2.13. The zero-order valence-corrected chi connectivity index (χ0v) is 10.9. The van der Waals surface area contributed by atoms with Gasteiger partial charge in [0.2, 0.25) is 0 Å². The van der Waals surface area contributed by atoms with Gasteiger partial charge < -0.3 is 4.90 Å². The van der Waals surface area contributed by atoms with Gasteiger partial charge in [0.15, 0.2) is 0 Å². The number of likely N-dealkylation sites (N-methyl/N-ethyl adjacent to an activating group) is 1. The van der Waals surface area contributed by atoms with Crippen LogP contribution >= 0.6 is 0 Å². The molecule has 0 saturated heterocycles. The molecule has 0 aromatic heterocycles. The number of aryl methyl sites for hydroxylation is 2. The van der Waals surface area contributed by atoms with Crippen LogP contribution in [0.4, 0.5) is 5.69 Å². The maximum absolute atomic E-state index is 2.36. The van der Waals surface area contributed by atoms with E-state index in [0.29, 0.717) is 0 Å². The lowest BCUT2D eigenvalue weighted by molar-refractivity contribution is 0.922. The summed E-state index contributed by atoms with van der Waals surface area (Å²) in [6, 6.07) is 17.5. The average Bonchev–Trinajstić information content (AvgIpc) is 2.80. The van der Waals surface area contributed by atoms with Crippen molar-refractivity contribution in [2.75, 3.05) is 18.5 Å². The molecular weight excluding hydrogens is 218 g/mol. The lowest BCUT2D eigenvalue weighted by Crippen LogP contribution is -2.12. The highest BCUT2D eigenvalue weighted by molar-refractivity contribution is 5.60. The minimum atomic E-state index is 1.14. The molecule has 1 heteroatoms. The third-order valence-corrected chi connectivity index (χ3v) is 3.88. The minimum absolute atomic E-state index is 1.14. The van der Waals surface area contributed by atoms with Crippen LogP contribution in [0.5, 0.6) is 0 Å². The molecule has 0 unspecified atom stereocenters. The Labute approximate surface area is 109 Å². The average molecular weight is 237 g/mol. The van der Waals surface area contributed by atoms with Gasteiger partial charge in [-0.2, -0.15) is 0 Å². The maximum atomic E-state index is 2.36. The van der Waals surface area contributed by atoms with E-state index in [9.17, 15) is 0 Å². The van der Waals surface area contributed by atoms with Crippen molar-refractivity contribution in [1.29, 1.82) is 0 Å². The van der Waals surface area contributed by atoms with Crippen molar-refractivity contribution in [3.8, 4) is 0 Å². The number of hydrogen-bond acceptors (Lipinski definition) is 1. The summed E-state index contributed by atoms with van der Waals surface area (Å²) >= 11 is 0. The van der Waals surface area contributed by atoms with Gasteiger partial charge in [-0.3, -0.25) is 0 Å². The smallest absolute Gasteiger partial charge is 0.0399 e. The van der Waals surface area contributed by atoms with Crippen molar-refractivity contribution < 1.29 is 0 Å². The number of nitrogens with zero attached hydrogens (tertiary/aromatic N) is 1. The van der Waals surface area contributed by atoms with Crippen LogP contribution in [0, 0.1) is 0 Å². The number of benzene rings is 2. The highest BCUT2D eigenvalue weighted by atomic mass is 15.1. The Morgan fingerprint density at radius 3 is 2.61 bits per heavy atom. The summed E-state index contributed by atoms with van der Waals surface area (Å²) in [6.07, 6.45) is 3.50. The molecule has 1 heterocycles. The molecule has 1 aliphatic heterocycles. The highest BCUT2D eigenvalue weighted by Gasteiger charge is 2.17. The fourth-order valence-electron chi connectivity index (χ4n) is 2.83. The van der Waals surface area contributed by atoms with E-state index in [1.54, 1.807) is 5.56 Å². The first kappa shape index (κ1) is 11.3. The second kappa shape index (κ2) is 4.85. The van der Waals surface area contributed by atoms with E-state index in [-0.39, 0.29) is 0 Å². The topological polar surface area (TPSA) is 3.24 Å². The van der Waals surface area contributed by atoms with Crippen LogP contribution in [0.15, 0.2) is 48.5 Å². The molecule has 1 aliphatic rings. The monoisotopic (exact) mass is 237 g/mol. The van der Waals surface area contributed by atoms with Gasteiger partial charge in [0.25, 0.3) is 0 Å². The minimum Gasteiger partial charge on any atom is -0.374 e. The summed E-state index contributed by atoms with van der Waals surface area (Å²) in [7, 11) is 2.19. The summed E-state index contributed by atoms with van der Waals surface area (Å²) in [5.41, 5.74) is 5.96. The SMILES string of the molecule is CN1CCc2c(CCc3ccccc3)cccc21. The lowest BCUT2D eigenvalue weighted by atomic mass is 9.98. The van der Waals surface area contributed by atoms with Gasteiger partial charge in [0.05, 0.1) is 0 Å². The van der Waals surface area contributed by atoms with E-state index in [4.69, 9.17) is 0 Å². The van der Waals surface area contributed by atoms with E-state index in [1.165, 1.54) is 23.2 Å². The Balaban J connectivity index is 1.78. The third kappa shape index (κ3) is 2.13. The van der Waals surface area contributed by atoms with Gasteiger partial charge in [0.1, 0.15) is 0 Å². The zero-order valence-electron chi connectivity index (χ0n) is 10.9. The van der Waals surface area contributed by atoms with Crippen LogP contribution in [0.3, 0.4) is 0 Å². The first-order valence-corrected chi connectivity index (χ1v) is 6.70. The van der Waals surface area contributed by atoms with E-state index >= 15 is 0 Å². The maximum Gasteiger partial charge on any atom is 0.0399 e. The molecule has 0 bridgehead atoms. The number of rotatable bonds is 3. The Kier molecular flexibility index (Phi) is 3.06. The third-order valence-electron chi connectivity index (χ3n) is 3.88. The number of fused-ring (bicyclic) bond motifs is 1. The second-order valence-electron chi connectivity index (χ2n) is 5.07. The van der Waals surface area contributed by atoms with Crippen LogP contribution < -0.4 is 4.90 Å². The Morgan fingerprint density at radius 2 is 1.78 bits per heavy atom. The Morgan fingerprint density at radius 1 is 0.944 bits per heavy atom. The van der Waals surface area contributed by atoms with Crippen molar-refractivity contribution in [2.45, 2.75) is 19.3 Å². The fourth-order valence-corrected chi connectivity index (χ4v) is 2.83. The van der Waals surface area contributed by atoms with Crippen LogP contribution in [0.2, 0.25) is 0 Å². The van der Waals surface area contributed by atoms with Crippen molar-refractivity contribution in [1.82, 2.24) is 0 Å². The second-order valence-corrected chi connectivity index (χ2v) is 5.07. The van der Waals surface area contributed by atoms with E-state index in [2.05, 4.69) is 60.5 Å². The predicted octanol–water partition coefficient (Wildman–Crippen LogP) is 3.46. The first-order valence-electron chi connectivity index (χ1n) is 6.70. The quantitative estimate of drug-likeness (QED) is 0.790. The Hall–Kier alpha value is -1.76. The molecule has 0 saturated carbocycles. The van der Waals surface area contributed by atoms with Gasteiger partial charge >= 0.3 is 0 Å². The fraction of sp³-hybridized carbons (Fsp3) is 0.294. The molecule has 2 aromatic rings. The van der Waals surface area contributed by atoms with Crippen LogP contribution in [-0.4, -0.2) is 13.6 Å². The summed E-state index contributed by atoms with van der Waals surface area (Å²) in [6.45, 7) is 1.16. The number of hydrogen-bond donors (Lipinski definition) is 0.